The molecule has 100 valence electrons. The van der Waals surface area contributed by atoms with Gasteiger partial charge in [0.1, 0.15) is 17.0 Å². The third-order valence-corrected chi connectivity index (χ3v) is 4.54. The fraction of sp³-hybridized carbons (Fsp3) is 0.273. The summed E-state index contributed by atoms with van der Waals surface area (Å²) in [5.41, 5.74) is 0.549. The zero-order chi connectivity index (χ0) is 14.0. The summed E-state index contributed by atoms with van der Waals surface area (Å²) in [5, 5.41) is 16.8. The average Bonchev–Trinajstić information content (AvgIpc) is 2.88. The van der Waals surface area contributed by atoms with Crippen molar-refractivity contribution >= 4 is 38.8 Å². The van der Waals surface area contributed by atoms with Crippen LogP contribution in [0, 0.1) is 17.0 Å². The molecule has 1 atom stereocenters. The lowest BCUT2D eigenvalue weighted by Gasteiger charge is -2.14. The third kappa shape index (κ3) is 2.90. The normalized spacial score (nSPS) is 12.2. The smallest absolute Gasteiger partial charge is 0.291 e. The number of rotatable bonds is 4. The number of pyridine rings is 1. The van der Waals surface area contributed by atoms with Crippen LogP contribution < -0.4 is 5.32 Å². The molecule has 1 unspecified atom stereocenters. The van der Waals surface area contributed by atoms with E-state index in [0.717, 1.165) is 5.01 Å². The first-order valence-electron chi connectivity index (χ1n) is 5.46. The summed E-state index contributed by atoms with van der Waals surface area (Å²) >= 11 is 4.89. The standard InChI is InChI=1S/C11H11BrN4O2S/c1-6-8(16(17)18)5-14-10(9(6)12)15-7(2)11-13-3-4-19-11/h3-5,7H,1-2H3,(H,14,15). The van der Waals surface area contributed by atoms with E-state index in [0.29, 0.717) is 15.9 Å². The Kier molecular flexibility index (Phi) is 4.11. The fourth-order valence-corrected chi connectivity index (χ4v) is 2.63. The molecule has 0 aliphatic heterocycles. The van der Waals surface area contributed by atoms with Crippen molar-refractivity contribution in [1.82, 2.24) is 9.97 Å². The predicted molar refractivity (Wildman–Crippen MR) is 77.5 cm³/mol. The highest BCUT2D eigenvalue weighted by Crippen LogP contribution is 2.32. The molecule has 0 fully saturated rings. The van der Waals surface area contributed by atoms with Crippen LogP contribution in [0.3, 0.4) is 0 Å². The zero-order valence-electron chi connectivity index (χ0n) is 10.3. The highest BCUT2D eigenvalue weighted by molar-refractivity contribution is 9.10. The number of nitrogens with one attached hydrogen (secondary N) is 1. The van der Waals surface area contributed by atoms with Crippen molar-refractivity contribution in [2.24, 2.45) is 0 Å². The molecule has 2 aromatic heterocycles. The molecule has 0 amide bonds. The van der Waals surface area contributed by atoms with Crippen molar-refractivity contribution in [3.8, 4) is 0 Å². The topological polar surface area (TPSA) is 81.0 Å². The monoisotopic (exact) mass is 342 g/mol. The van der Waals surface area contributed by atoms with Gasteiger partial charge in [-0.2, -0.15) is 0 Å². The van der Waals surface area contributed by atoms with Crippen molar-refractivity contribution in [3.63, 3.8) is 0 Å². The first-order chi connectivity index (χ1) is 9.00. The first-order valence-corrected chi connectivity index (χ1v) is 7.13. The summed E-state index contributed by atoms with van der Waals surface area (Å²) < 4.78 is 0.602. The van der Waals surface area contributed by atoms with Crippen LogP contribution in [0.15, 0.2) is 22.2 Å². The molecule has 1 N–H and O–H groups in total. The van der Waals surface area contributed by atoms with E-state index in [9.17, 15) is 10.1 Å². The lowest BCUT2D eigenvalue weighted by Crippen LogP contribution is -2.09. The second-order valence-corrected chi connectivity index (χ2v) is 5.64. The number of hydrogen-bond acceptors (Lipinski definition) is 6. The Morgan fingerprint density at radius 2 is 2.26 bits per heavy atom. The molecule has 0 radical (unpaired) electrons. The first kappa shape index (κ1) is 13.9. The molecule has 0 aliphatic rings. The Morgan fingerprint density at radius 1 is 1.53 bits per heavy atom. The highest BCUT2D eigenvalue weighted by atomic mass is 79.9. The van der Waals surface area contributed by atoms with Crippen molar-refractivity contribution < 1.29 is 4.92 Å². The van der Waals surface area contributed by atoms with Gasteiger partial charge in [-0.05, 0) is 29.8 Å². The van der Waals surface area contributed by atoms with Crippen LogP contribution >= 0.6 is 27.3 Å². The summed E-state index contributed by atoms with van der Waals surface area (Å²) in [6.45, 7) is 3.65. The quantitative estimate of drug-likeness (QED) is 0.676. The largest absolute Gasteiger partial charge is 0.360 e. The van der Waals surface area contributed by atoms with Gasteiger partial charge < -0.3 is 5.32 Å². The second-order valence-electron chi connectivity index (χ2n) is 3.92. The summed E-state index contributed by atoms with van der Waals surface area (Å²) in [7, 11) is 0. The van der Waals surface area contributed by atoms with Gasteiger partial charge in [0.25, 0.3) is 5.69 Å². The number of halogens is 1. The molecule has 8 heteroatoms. The Morgan fingerprint density at radius 3 is 2.84 bits per heavy atom. The molecule has 0 saturated carbocycles. The Bertz CT molecular complexity index is 603. The Hall–Kier alpha value is -1.54. The molecule has 0 spiro atoms. The van der Waals surface area contributed by atoms with Crippen LogP contribution in [0.4, 0.5) is 11.5 Å². The van der Waals surface area contributed by atoms with Crippen LogP contribution in [0.1, 0.15) is 23.5 Å². The zero-order valence-corrected chi connectivity index (χ0v) is 12.7. The van der Waals surface area contributed by atoms with E-state index in [1.807, 2.05) is 12.3 Å². The fourth-order valence-electron chi connectivity index (χ4n) is 1.57. The van der Waals surface area contributed by atoms with Gasteiger partial charge in [-0.15, -0.1) is 11.3 Å². The van der Waals surface area contributed by atoms with Gasteiger partial charge in [0, 0.05) is 17.1 Å². The summed E-state index contributed by atoms with van der Waals surface area (Å²) in [4.78, 5) is 18.7. The number of nitro groups is 1. The minimum absolute atomic E-state index is 0.000623. The average molecular weight is 343 g/mol. The molecule has 0 bridgehead atoms. The van der Waals surface area contributed by atoms with E-state index in [-0.39, 0.29) is 11.7 Å². The van der Waals surface area contributed by atoms with Crippen molar-refractivity contribution in [3.05, 3.63) is 42.9 Å². The van der Waals surface area contributed by atoms with Crippen molar-refractivity contribution in [2.45, 2.75) is 19.9 Å². The molecule has 0 aliphatic carbocycles. The minimum atomic E-state index is -0.443. The summed E-state index contributed by atoms with van der Waals surface area (Å²) in [6, 6.07) is -0.00958. The SMILES string of the molecule is Cc1c([N+](=O)[O-])cnc(NC(C)c2nccs2)c1Br. The van der Waals surface area contributed by atoms with Gasteiger partial charge >= 0.3 is 0 Å². The van der Waals surface area contributed by atoms with Gasteiger partial charge in [0.05, 0.1) is 15.4 Å². The molecule has 0 saturated heterocycles. The molecule has 19 heavy (non-hydrogen) atoms. The van der Waals surface area contributed by atoms with Crippen LogP contribution in [-0.2, 0) is 0 Å². The van der Waals surface area contributed by atoms with E-state index in [4.69, 9.17) is 0 Å². The van der Waals surface area contributed by atoms with Gasteiger partial charge in [-0.3, -0.25) is 10.1 Å². The third-order valence-electron chi connectivity index (χ3n) is 2.61. The number of thiazole rings is 1. The summed E-state index contributed by atoms with van der Waals surface area (Å²) in [5.74, 6) is 0.575. The van der Waals surface area contributed by atoms with Crippen molar-refractivity contribution in [1.29, 1.82) is 0 Å². The van der Waals surface area contributed by atoms with Crippen LogP contribution in [0.25, 0.3) is 0 Å². The van der Waals surface area contributed by atoms with E-state index in [2.05, 4.69) is 31.2 Å². The van der Waals surface area contributed by atoms with E-state index in [1.165, 1.54) is 6.20 Å². The number of aromatic nitrogens is 2. The molecular formula is C11H11BrN4O2S. The van der Waals surface area contributed by atoms with Crippen LogP contribution in [0.2, 0.25) is 0 Å². The maximum atomic E-state index is 10.8. The van der Waals surface area contributed by atoms with Crippen LogP contribution in [0.5, 0.6) is 0 Å². The van der Waals surface area contributed by atoms with E-state index in [1.54, 1.807) is 24.5 Å². The van der Waals surface area contributed by atoms with E-state index >= 15 is 0 Å². The second kappa shape index (κ2) is 5.62. The molecule has 6 nitrogen and oxygen atoms in total. The molecule has 2 aromatic rings. The molecule has 2 rings (SSSR count). The van der Waals surface area contributed by atoms with E-state index < -0.39 is 4.92 Å². The van der Waals surface area contributed by atoms with Crippen molar-refractivity contribution in [2.75, 3.05) is 5.32 Å². The Labute approximate surface area is 122 Å². The number of nitrogens with zero attached hydrogens (tertiary/aromatic N) is 3. The molecule has 2 heterocycles. The minimum Gasteiger partial charge on any atom is -0.360 e. The maximum absolute atomic E-state index is 10.8. The van der Waals surface area contributed by atoms with Gasteiger partial charge in [-0.25, -0.2) is 9.97 Å². The lowest BCUT2D eigenvalue weighted by molar-refractivity contribution is -0.385. The van der Waals surface area contributed by atoms with Gasteiger partial charge in [0.15, 0.2) is 0 Å². The number of hydrogen-bond donors (Lipinski definition) is 1. The van der Waals surface area contributed by atoms with Crippen LogP contribution in [-0.4, -0.2) is 14.9 Å². The predicted octanol–water partition coefficient (Wildman–Crippen LogP) is 3.69. The summed E-state index contributed by atoms with van der Waals surface area (Å²) in [6.07, 6.45) is 3.00. The highest BCUT2D eigenvalue weighted by Gasteiger charge is 2.18. The lowest BCUT2D eigenvalue weighted by atomic mass is 10.2. The molecule has 0 aromatic carbocycles. The van der Waals surface area contributed by atoms with Gasteiger partial charge in [-0.1, -0.05) is 0 Å². The Balaban J connectivity index is 2.27. The van der Waals surface area contributed by atoms with Gasteiger partial charge in [0.2, 0.25) is 0 Å². The molecular weight excluding hydrogens is 332 g/mol. The maximum Gasteiger partial charge on any atom is 0.291 e. The number of anilines is 1.